The molecule has 100 valence electrons. The summed E-state index contributed by atoms with van der Waals surface area (Å²) in [5.74, 6) is 1.39. The molecule has 1 heterocycles. The van der Waals surface area contributed by atoms with Gasteiger partial charge in [0.2, 0.25) is 0 Å². The second kappa shape index (κ2) is 5.70. The monoisotopic (exact) mass is 250 g/mol. The van der Waals surface area contributed by atoms with E-state index >= 15 is 0 Å². The van der Waals surface area contributed by atoms with Crippen molar-refractivity contribution in [2.24, 2.45) is 17.6 Å². The average Bonchev–Trinajstić information content (AvgIpc) is 2.38. The Hall–Kier alpha value is -1.09. The number of rotatable bonds is 3. The van der Waals surface area contributed by atoms with Crippen LogP contribution in [-0.2, 0) is 6.54 Å². The van der Waals surface area contributed by atoms with Crippen LogP contribution in [-0.4, -0.2) is 13.1 Å². The number of nitrogens with zero attached hydrogens (tertiary/aromatic N) is 1. The molecule has 0 bridgehead atoms. The molecule has 2 nitrogen and oxygen atoms in total. The van der Waals surface area contributed by atoms with E-state index in [-0.39, 0.29) is 12.4 Å². The van der Waals surface area contributed by atoms with E-state index in [0.717, 1.165) is 30.6 Å². The van der Waals surface area contributed by atoms with Crippen LogP contribution in [0.25, 0.3) is 0 Å². The first-order valence-electron chi connectivity index (χ1n) is 6.85. The summed E-state index contributed by atoms with van der Waals surface area (Å²) in [6, 6.07) is 5.41. The Morgan fingerprint density at radius 2 is 2.00 bits per heavy atom. The van der Waals surface area contributed by atoms with Crippen LogP contribution in [0.4, 0.5) is 10.1 Å². The third-order valence-corrected chi connectivity index (χ3v) is 4.10. The third-order valence-electron chi connectivity index (χ3n) is 4.10. The van der Waals surface area contributed by atoms with Gasteiger partial charge in [-0.3, -0.25) is 0 Å². The van der Waals surface area contributed by atoms with Crippen LogP contribution in [0, 0.1) is 17.7 Å². The van der Waals surface area contributed by atoms with Crippen molar-refractivity contribution in [1.82, 2.24) is 0 Å². The Morgan fingerprint density at radius 1 is 1.33 bits per heavy atom. The van der Waals surface area contributed by atoms with Gasteiger partial charge in [-0.15, -0.1) is 0 Å². The number of piperidine rings is 1. The summed E-state index contributed by atoms with van der Waals surface area (Å²) < 4.78 is 13.7. The van der Waals surface area contributed by atoms with Gasteiger partial charge in [-0.2, -0.15) is 0 Å². The highest BCUT2D eigenvalue weighted by Gasteiger charge is 2.22. The first kappa shape index (κ1) is 13.3. The predicted molar refractivity (Wildman–Crippen MR) is 74.1 cm³/mol. The van der Waals surface area contributed by atoms with Crippen LogP contribution in [0.5, 0.6) is 0 Å². The molecule has 1 fully saturated rings. The molecule has 0 atom stereocenters. The number of halogens is 1. The minimum absolute atomic E-state index is 0.180. The van der Waals surface area contributed by atoms with E-state index in [1.165, 1.54) is 12.8 Å². The molecule has 2 N–H and O–H groups in total. The van der Waals surface area contributed by atoms with Crippen molar-refractivity contribution in [2.75, 3.05) is 18.0 Å². The minimum atomic E-state index is -0.180. The number of nitrogens with two attached hydrogens (primary N) is 1. The minimum Gasteiger partial charge on any atom is -0.371 e. The molecule has 0 amide bonds. The zero-order chi connectivity index (χ0) is 13.1. The molecule has 1 aliphatic rings. The van der Waals surface area contributed by atoms with Crippen molar-refractivity contribution in [1.29, 1.82) is 0 Å². The summed E-state index contributed by atoms with van der Waals surface area (Å²) in [5, 5.41) is 0. The second-order valence-electron chi connectivity index (χ2n) is 5.55. The lowest BCUT2D eigenvalue weighted by Crippen LogP contribution is -2.35. The molecule has 0 spiro atoms. The topological polar surface area (TPSA) is 29.3 Å². The zero-order valence-electron chi connectivity index (χ0n) is 11.3. The quantitative estimate of drug-likeness (QED) is 0.893. The first-order chi connectivity index (χ1) is 8.61. The van der Waals surface area contributed by atoms with Crippen molar-refractivity contribution < 1.29 is 4.39 Å². The molecule has 0 radical (unpaired) electrons. The summed E-state index contributed by atoms with van der Waals surface area (Å²) in [6.07, 6.45) is 2.41. The average molecular weight is 250 g/mol. The molecular weight excluding hydrogens is 227 g/mol. The van der Waals surface area contributed by atoms with E-state index in [2.05, 4.69) is 18.7 Å². The second-order valence-corrected chi connectivity index (χ2v) is 5.55. The lowest BCUT2D eigenvalue weighted by atomic mass is 9.86. The number of hydrogen-bond acceptors (Lipinski definition) is 2. The molecular formula is C15H23FN2. The molecule has 1 aromatic carbocycles. The number of benzene rings is 1. The molecule has 1 aliphatic heterocycles. The SMILES string of the molecule is CC(C)C1CCN(c2ccc(CN)c(F)c2)CC1. The molecule has 18 heavy (non-hydrogen) atoms. The van der Waals surface area contributed by atoms with Crippen LogP contribution in [0.15, 0.2) is 18.2 Å². The molecule has 0 aliphatic carbocycles. The largest absolute Gasteiger partial charge is 0.371 e. The molecule has 2 rings (SSSR count). The highest BCUT2D eigenvalue weighted by atomic mass is 19.1. The standard InChI is InChI=1S/C15H23FN2/c1-11(2)12-5-7-18(8-6-12)14-4-3-13(10-17)15(16)9-14/h3-4,9,11-12H,5-8,10,17H2,1-2H3. The van der Waals surface area contributed by atoms with Crippen LogP contribution in [0.3, 0.4) is 0 Å². The van der Waals surface area contributed by atoms with Gasteiger partial charge in [0, 0.05) is 30.9 Å². The Morgan fingerprint density at radius 3 is 2.50 bits per heavy atom. The molecule has 0 saturated carbocycles. The first-order valence-corrected chi connectivity index (χ1v) is 6.85. The lowest BCUT2D eigenvalue weighted by Gasteiger charge is -2.35. The highest BCUT2D eigenvalue weighted by Crippen LogP contribution is 2.28. The van der Waals surface area contributed by atoms with Gasteiger partial charge in [0.1, 0.15) is 5.82 Å². The van der Waals surface area contributed by atoms with Gasteiger partial charge < -0.3 is 10.6 Å². The normalized spacial score (nSPS) is 17.5. The molecule has 3 heteroatoms. The Balaban J connectivity index is 2.03. The maximum absolute atomic E-state index is 13.7. The highest BCUT2D eigenvalue weighted by molar-refractivity contribution is 5.48. The van der Waals surface area contributed by atoms with Crippen molar-refractivity contribution in [3.8, 4) is 0 Å². The van der Waals surface area contributed by atoms with Gasteiger partial charge in [0.05, 0.1) is 0 Å². The predicted octanol–water partition coefficient (Wildman–Crippen LogP) is 3.16. The van der Waals surface area contributed by atoms with E-state index < -0.39 is 0 Å². The Labute approximate surface area is 109 Å². The lowest BCUT2D eigenvalue weighted by molar-refractivity contribution is 0.311. The van der Waals surface area contributed by atoms with Gasteiger partial charge in [-0.1, -0.05) is 19.9 Å². The van der Waals surface area contributed by atoms with Crippen molar-refractivity contribution in [3.05, 3.63) is 29.6 Å². The zero-order valence-corrected chi connectivity index (χ0v) is 11.3. The van der Waals surface area contributed by atoms with Gasteiger partial charge in [0.15, 0.2) is 0 Å². The van der Waals surface area contributed by atoms with Crippen molar-refractivity contribution in [3.63, 3.8) is 0 Å². The molecule has 1 saturated heterocycles. The van der Waals surface area contributed by atoms with Crippen LogP contribution in [0.2, 0.25) is 0 Å². The Kier molecular flexibility index (Phi) is 4.23. The van der Waals surface area contributed by atoms with Crippen LogP contribution in [0.1, 0.15) is 32.3 Å². The van der Waals surface area contributed by atoms with Gasteiger partial charge >= 0.3 is 0 Å². The van der Waals surface area contributed by atoms with Gasteiger partial charge in [-0.25, -0.2) is 4.39 Å². The Bertz CT molecular complexity index is 395. The van der Waals surface area contributed by atoms with Crippen LogP contribution >= 0.6 is 0 Å². The summed E-state index contributed by atoms with van der Waals surface area (Å²) in [5.41, 5.74) is 7.06. The fraction of sp³-hybridized carbons (Fsp3) is 0.600. The van der Waals surface area contributed by atoms with Gasteiger partial charge in [0.25, 0.3) is 0 Å². The molecule has 0 unspecified atom stereocenters. The third kappa shape index (κ3) is 2.83. The smallest absolute Gasteiger partial charge is 0.129 e. The molecule has 1 aromatic rings. The summed E-state index contributed by atoms with van der Waals surface area (Å²) in [7, 11) is 0. The van der Waals surface area contributed by atoms with E-state index in [9.17, 15) is 4.39 Å². The summed E-state index contributed by atoms with van der Waals surface area (Å²) >= 11 is 0. The maximum Gasteiger partial charge on any atom is 0.129 e. The maximum atomic E-state index is 13.7. The van der Waals surface area contributed by atoms with E-state index in [1.54, 1.807) is 12.1 Å². The summed E-state index contributed by atoms with van der Waals surface area (Å²) in [6.45, 7) is 6.90. The number of hydrogen-bond donors (Lipinski definition) is 1. The van der Waals surface area contributed by atoms with Gasteiger partial charge in [-0.05, 0) is 36.8 Å². The number of anilines is 1. The van der Waals surface area contributed by atoms with E-state index in [4.69, 9.17) is 5.73 Å². The fourth-order valence-electron chi connectivity index (χ4n) is 2.72. The van der Waals surface area contributed by atoms with E-state index in [0.29, 0.717) is 5.56 Å². The fourth-order valence-corrected chi connectivity index (χ4v) is 2.72. The van der Waals surface area contributed by atoms with Crippen molar-refractivity contribution >= 4 is 5.69 Å². The van der Waals surface area contributed by atoms with Crippen LogP contribution < -0.4 is 10.6 Å². The summed E-state index contributed by atoms with van der Waals surface area (Å²) in [4.78, 5) is 2.28. The molecule has 0 aromatic heterocycles. The van der Waals surface area contributed by atoms with Crippen molar-refractivity contribution in [2.45, 2.75) is 33.2 Å². The van der Waals surface area contributed by atoms with E-state index in [1.807, 2.05) is 6.07 Å².